The van der Waals surface area contributed by atoms with Crippen LogP contribution in [0.4, 0.5) is 5.69 Å². The van der Waals surface area contributed by atoms with E-state index in [-0.39, 0.29) is 5.91 Å². The van der Waals surface area contributed by atoms with Crippen LogP contribution in [0.25, 0.3) is 0 Å². The van der Waals surface area contributed by atoms with Gasteiger partial charge in [0.1, 0.15) is 5.75 Å². The van der Waals surface area contributed by atoms with E-state index in [0.717, 1.165) is 0 Å². The second kappa shape index (κ2) is 7.17. The van der Waals surface area contributed by atoms with Crippen molar-refractivity contribution in [3.63, 3.8) is 0 Å². The molecule has 0 unspecified atom stereocenters. The second-order valence-corrected chi connectivity index (χ2v) is 4.57. The van der Waals surface area contributed by atoms with Gasteiger partial charge < -0.3 is 10.1 Å². The zero-order chi connectivity index (χ0) is 12.7. The lowest BCUT2D eigenvalue weighted by molar-refractivity contribution is -0.115. The Morgan fingerprint density at radius 3 is 2.76 bits per heavy atom. The van der Waals surface area contributed by atoms with E-state index in [0.29, 0.717) is 36.3 Å². The number of rotatable bonds is 6. The molecule has 0 aromatic heterocycles. The molecule has 0 bridgehead atoms. The standard InChI is InChI=1S/C13H18ClNO2/c1-10(2)9-17-12-6-4-3-5-11(12)15-13(16)7-8-14/h3-6,10H,7-9H2,1-2H3,(H,15,16). The Morgan fingerprint density at radius 1 is 1.41 bits per heavy atom. The summed E-state index contributed by atoms with van der Waals surface area (Å²) in [7, 11) is 0. The van der Waals surface area contributed by atoms with Gasteiger partial charge in [-0.15, -0.1) is 11.6 Å². The number of nitrogens with one attached hydrogen (secondary N) is 1. The molecule has 3 nitrogen and oxygen atoms in total. The minimum absolute atomic E-state index is 0.0967. The Bertz CT molecular complexity index is 366. The summed E-state index contributed by atoms with van der Waals surface area (Å²) in [4.78, 5) is 11.5. The molecule has 0 saturated heterocycles. The summed E-state index contributed by atoms with van der Waals surface area (Å²) in [6.45, 7) is 4.78. The molecule has 1 N–H and O–H groups in total. The lowest BCUT2D eigenvalue weighted by Gasteiger charge is -2.13. The number of anilines is 1. The molecule has 0 spiro atoms. The van der Waals surface area contributed by atoms with E-state index in [1.165, 1.54) is 0 Å². The third kappa shape index (κ3) is 5.09. The van der Waals surface area contributed by atoms with Crippen molar-refractivity contribution in [3.8, 4) is 5.75 Å². The molecule has 17 heavy (non-hydrogen) atoms. The molecule has 94 valence electrons. The van der Waals surface area contributed by atoms with Crippen LogP contribution in [0, 0.1) is 5.92 Å². The highest BCUT2D eigenvalue weighted by atomic mass is 35.5. The number of para-hydroxylation sites is 2. The molecule has 0 aliphatic carbocycles. The van der Waals surface area contributed by atoms with Crippen LogP contribution in [0.1, 0.15) is 20.3 Å². The van der Waals surface area contributed by atoms with Gasteiger partial charge in [-0.05, 0) is 18.1 Å². The number of ether oxygens (including phenoxy) is 1. The van der Waals surface area contributed by atoms with Crippen molar-refractivity contribution in [1.29, 1.82) is 0 Å². The first-order chi connectivity index (χ1) is 8.13. The summed E-state index contributed by atoms with van der Waals surface area (Å²) < 4.78 is 5.63. The molecule has 0 aliphatic heterocycles. The fourth-order valence-electron chi connectivity index (χ4n) is 1.25. The Hall–Kier alpha value is -1.22. The zero-order valence-corrected chi connectivity index (χ0v) is 11.0. The number of benzene rings is 1. The van der Waals surface area contributed by atoms with Gasteiger partial charge >= 0.3 is 0 Å². The fourth-order valence-corrected chi connectivity index (χ4v) is 1.42. The summed E-state index contributed by atoms with van der Waals surface area (Å²) in [5, 5.41) is 2.79. The highest BCUT2D eigenvalue weighted by molar-refractivity contribution is 6.19. The van der Waals surface area contributed by atoms with Gasteiger partial charge in [0.2, 0.25) is 5.91 Å². The number of alkyl halides is 1. The molecule has 4 heteroatoms. The number of carbonyl (C=O) groups is 1. The van der Waals surface area contributed by atoms with Crippen molar-refractivity contribution in [1.82, 2.24) is 0 Å². The SMILES string of the molecule is CC(C)COc1ccccc1NC(=O)CCCl. The molecule has 1 rings (SSSR count). The molecule has 0 saturated carbocycles. The van der Waals surface area contributed by atoms with E-state index in [9.17, 15) is 4.79 Å². The first-order valence-electron chi connectivity index (χ1n) is 5.71. The van der Waals surface area contributed by atoms with Crippen molar-refractivity contribution in [2.45, 2.75) is 20.3 Å². The van der Waals surface area contributed by atoms with E-state index in [2.05, 4.69) is 19.2 Å². The molecular weight excluding hydrogens is 238 g/mol. The fraction of sp³-hybridized carbons (Fsp3) is 0.462. The quantitative estimate of drug-likeness (QED) is 0.792. The van der Waals surface area contributed by atoms with Crippen LogP contribution in [0.5, 0.6) is 5.75 Å². The molecule has 1 aromatic carbocycles. The summed E-state index contributed by atoms with van der Waals surface area (Å²) in [5.41, 5.74) is 0.697. The maximum absolute atomic E-state index is 11.5. The third-order valence-electron chi connectivity index (χ3n) is 2.05. The van der Waals surface area contributed by atoms with Crippen LogP contribution in [0.3, 0.4) is 0 Å². The summed E-state index contributed by atoms with van der Waals surface area (Å²) in [6, 6.07) is 7.41. The molecule has 0 heterocycles. The zero-order valence-electron chi connectivity index (χ0n) is 10.2. The monoisotopic (exact) mass is 255 g/mol. The van der Waals surface area contributed by atoms with Crippen molar-refractivity contribution in [2.24, 2.45) is 5.92 Å². The van der Waals surface area contributed by atoms with Gasteiger partial charge in [0, 0.05) is 12.3 Å². The molecule has 0 radical (unpaired) electrons. The Balaban J connectivity index is 2.67. The summed E-state index contributed by atoms with van der Waals surface area (Å²) >= 11 is 5.51. The molecular formula is C13H18ClNO2. The van der Waals surface area contributed by atoms with Gasteiger partial charge in [-0.3, -0.25) is 4.79 Å². The Kier molecular flexibility index (Phi) is 5.84. The highest BCUT2D eigenvalue weighted by Crippen LogP contribution is 2.24. The number of hydrogen-bond donors (Lipinski definition) is 1. The van der Waals surface area contributed by atoms with Gasteiger partial charge in [-0.25, -0.2) is 0 Å². The normalized spacial score (nSPS) is 10.4. The second-order valence-electron chi connectivity index (χ2n) is 4.19. The van der Waals surface area contributed by atoms with Gasteiger partial charge in [0.25, 0.3) is 0 Å². The number of halogens is 1. The molecule has 1 amide bonds. The van der Waals surface area contributed by atoms with Crippen molar-refractivity contribution >= 4 is 23.2 Å². The molecule has 0 aliphatic rings. The van der Waals surface area contributed by atoms with E-state index >= 15 is 0 Å². The van der Waals surface area contributed by atoms with Crippen LogP contribution < -0.4 is 10.1 Å². The Morgan fingerprint density at radius 2 is 2.12 bits per heavy atom. The van der Waals surface area contributed by atoms with Gasteiger partial charge in [0.05, 0.1) is 12.3 Å². The molecule has 1 aromatic rings. The highest BCUT2D eigenvalue weighted by Gasteiger charge is 2.07. The lowest BCUT2D eigenvalue weighted by atomic mass is 10.2. The minimum atomic E-state index is -0.0967. The average molecular weight is 256 g/mol. The van der Waals surface area contributed by atoms with Gasteiger partial charge in [-0.2, -0.15) is 0 Å². The van der Waals surface area contributed by atoms with Gasteiger partial charge in [-0.1, -0.05) is 26.0 Å². The van der Waals surface area contributed by atoms with E-state index in [1.807, 2.05) is 24.3 Å². The van der Waals surface area contributed by atoms with Crippen LogP contribution in [-0.4, -0.2) is 18.4 Å². The third-order valence-corrected chi connectivity index (χ3v) is 2.24. The van der Waals surface area contributed by atoms with E-state index in [1.54, 1.807) is 0 Å². The van der Waals surface area contributed by atoms with Gasteiger partial charge in [0.15, 0.2) is 0 Å². The number of hydrogen-bond acceptors (Lipinski definition) is 2. The lowest BCUT2D eigenvalue weighted by Crippen LogP contribution is -2.13. The maximum atomic E-state index is 11.5. The summed E-state index contributed by atoms with van der Waals surface area (Å²) in [5.74, 6) is 1.37. The van der Waals surface area contributed by atoms with Crippen molar-refractivity contribution in [3.05, 3.63) is 24.3 Å². The first kappa shape index (κ1) is 13.8. The topological polar surface area (TPSA) is 38.3 Å². The first-order valence-corrected chi connectivity index (χ1v) is 6.24. The van der Waals surface area contributed by atoms with Crippen molar-refractivity contribution < 1.29 is 9.53 Å². The average Bonchev–Trinajstić information content (AvgIpc) is 2.28. The molecule has 0 fully saturated rings. The van der Waals surface area contributed by atoms with Crippen LogP contribution >= 0.6 is 11.6 Å². The predicted molar refractivity (Wildman–Crippen MR) is 70.7 cm³/mol. The maximum Gasteiger partial charge on any atom is 0.225 e. The van der Waals surface area contributed by atoms with E-state index in [4.69, 9.17) is 16.3 Å². The Labute approximate surface area is 107 Å². The van der Waals surface area contributed by atoms with Crippen LogP contribution in [0.2, 0.25) is 0 Å². The number of carbonyl (C=O) groups excluding carboxylic acids is 1. The van der Waals surface area contributed by atoms with Crippen LogP contribution in [0.15, 0.2) is 24.3 Å². The largest absolute Gasteiger partial charge is 0.491 e. The van der Waals surface area contributed by atoms with Crippen LogP contribution in [-0.2, 0) is 4.79 Å². The smallest absolute Gasteiger partial charge is 0.225 e. The van der Waals surface area contributed by atoms with Crippen molar-refractivity contribution in [2.75, 3.05) is 17.8 Å². The predicted octanol–water partition coefficient (Wildman–Crippen LogP) is 3.29. The summed E-state index contributed by atoms with van der Waals surface area (Å²) in [6.07, 6.45) is 0.306. The molecule has 0 atom stereocenters. The van der Waals surface area contributed by atoms with E-state index < -0.39 is 0 Å². The minimum Gasteiger partial charge on any atom is -0.491 e. The number of amides is 1.